The Hall–Kier alpha value is -4.45. The molecule has 1 unspecified atom stereocenters. The topological polar surface area (TPSA) is 78.9 Å². The molecule has 0 aliphatic carbocycles. The van der Waals surface area contributed by atoms with Crippen molar-refractivity contribution in [3.63, 3.8) is 0 Å². The van der Waals surface area contributed by atoms with Gasteiger partial charge in [-0.1, -0.05) is 289 Å². The number of unbranched alkanes of at least 4 members (excludes halogenated alkanes) is 25. The minimum atomic E-state index is -0.837. The second kappa shape index (κ2) is 65.1. The van der Waals surface area contributed by atoms with Crippen LogP contribution in [0.5, 0.6) is 0 Å². The Morgan fingerprint density at radius 1 is 0.282 bits per heavy atom. The van der Waals surface area contributed by atoms with E-state index >= 15 is 0 Å². The van der Waals surface area contributed by atoms with Crippen LogP contribution in [0, 0.1) is 0 Å². The molecular weight excluding hydrogens is 961 g/mol. The zero-order valence-electron chi connectivity index (χ0n) is 50.6. The van der Waals surface area contributed by atoms with Gasteiger partial charge in [-0.2, -0.15) is 0 Å². The summed E-state index contributed by atoms with van der Waals surface area (Å²) in [6.45, 7) is 6.26. The van der Waals surface area contributed by atoms with Crippen LogP contribution in [-0.2, 0) is 28.6 Å². The summed E-state index contributed by atoms with van der Waals surface area (Å²) in [6.07, 6.45) is 92.3. The van der Waals surface area contributed by atoms with E-state index in [1.165, 1.54) is 122 Å². The van der Waals surface area contributed by atoms with E-state index < -0.39 is 12.1 Å². The summed E-state index contributed by atoms with van der Waals surface area (Å²) in [6, 6.07) is 0. The molecule has 0 spiro atoms. The molecule has 0 rings (SSSR count). The standard InChI is InChI=1S/C72H118O6/c1-4-7-10-13-16-19-22-24-26-27-28-29-30-31-32-33-34-35-36-37-38-39-40-41-42-43-44-45-47-48-50-53-56-59-62-65-71(74)77-68-69(67-76-70(73)64-61-58-55-52-21-18-15-12-9-6-3)78-72(75)66-63-60-57-54-51-49-46-25-23-20-17-14-11-8-5-2/h7-8,10-12,15-17,19-20,24-26,28-29,31-32,46,51,54,60,63,69H,4-6,9,13-14,18,21-23,27,30,33-45,47-50,52-53,55-59,61-62,64-68H2,1-3H3/b10-7-,11-8-,15-12-,19-16-,20-17-,26-24-,29-28-,32-31-,46-25-,54-51-,63-60-. The van der Waals surface area contributed by atoms with E-state index in [0.717, 1.165) is 122 Å². The van der Waals surface area contributed by atoms with Gasteiger partial charge in [0.25, 0.3) is 0 Å². The van der Waals surface area contributed by atoms with E-state index in [-0.39, 0.29) is 31.6 Å². The summed E-state index contributed by atoms with van der Waals surface area (Å²) in [5, 5.41) is 0. The van der Waals surface area contributed by atoms with Crippen LogP contribution in [0.4, 0.5) is 0 Å². The van der Waals surface area contributed by atoms with E-state index in [2.05, 4.69) is 142 Å². The molecule has 0 aromatic carbocycles. The van der Waals surface area contributed by atoms with E-state index in [9.17, 15) is 14.4 Å². The normalized spacial score (nSPS) is 13.0. The first kappa shape index (κ1) is 73.5. The fourth-order valence-corrected chi connectivity index (χ4v) is 8.67. The molecule has 6 nitrogen and oxygen atoms in total. The molecule has 0 saturated heterocycles. The Morgan fingerprint density at radius 2 is 0.538 bits per heavy atom. The van der Waals surface area contributed by atoms with Crippen LogP contribution in [0.3, 0.4) is 0 Å². The lowest BCUT2D eigenvalue weighted by Gasteiger charge is -2.18. The molecule has 0 radical (unpaired) electrons. The second-order valence-corrected chi connectivity index (χ2v) is 20.9. The fraction of sp³-hybridized carbons (Fsp3) is 0.653. The smallest absolute Gasteiger partial charge is 0.310 e. The van der Waals surface area contributed by atoms with Crippen molar-refractivity contribution in [3.05, 3.63) is 134 Å². The molecule has 0 aromatic rings. The quantitative estimate of drug-likeness (QED) is 0.0261. The zero-order valence-corrected chi connectivity index (χ0v) is 50.6. The van der Waals surface area contributed by atoms with Gasteiger partial charge in [0.05, 0.1) is 6.42 Å². The van der Waals surface area contributed by atoms with E-state index in [4.69, 9.17) is 14.2 Å². The average molecular weight is 1080 g/mol. The number of carbonyl (C=O) groups excluding carboxylic acids is 3. The third-order valence-electron chi connectivity index (χ3n) is 13.4. The molecule has 0 fully saturated rings. The lowest BCUT2D eigenvalue weighted by molar-refractivity contribution is -0.166. The SMILES string of the molecule is CC/C=C\C/C=C\C/C=C\C/C=C\C/C=C\CCCCCCCCCCCCCCCCCCCCCC(=O)OCC(COC(=O)CCCCCCC/C=C\CCC)OC(=O)C/C=C\C/C=C\C/C=C\C/C=C\C/C=C\CC. The van der Waals surface area contributed by atoms with E-state index in [1.807, 2.05) is 6.08 Å². The van der Waals surface area contributed by atoms with Crippen molar-refractivity contribution in [3.8, 4) is 0 Å². The molecule has 0 aliphatic heterocycles. The molecule has 0 heterocycles. The van der Waals surface area contributed by atoms with E-state index in [0.29, 0.717) is 12.8 Å². The van der Waals surface area contributed by atoms with Gasteiger partial charge in [-0.3, -0.25) is 14.4 Å². The van der Waals surface area contributed by atoms with Crippen molar-refractivity contribution < 1.29 is 28.6 Å². The molecule has 0 amide bonds. The average Bonchev–Trinajstić information content (AvgIpc) is 3.44. The molecule has 6 heteroatoms. The Bertz CT molecular complexity index is 1670. The fourth-order valence-electron chi connectivity index (χ4n) is 8.67. The van der Waals surface area contributed by atoms with Crippen LogP contribution in [0.1, 0.15) is 284 Å². The summed E-state index contributed by atoms with van der Waals surface area (Å²) in [5.74, 6) is -1.06. The van der Waals surface area contributed by atoms with Crippen LogP contribution in [0.25, 0.3) is 0 Å². The number of allylic oxidation sites excluding steroid dienone is 21. The van der Waals surface area contributed by atoms with Gasteiger partial charge >= 0.3 is 17.9 Å². The predicted molar refractivity (Wildman–Crippen MR) is 339 cm³/mol. The molecule has 0 saturated carbocycles. The van der Waals surface area contributed by atoms with Crippen LogP contribution < -0.4 is 0 Å². The zero-order chi connectivity index (χ0) is 56.4. The first-order valence-electron chi connectivity index (χ1n) is 32.2. The summed E-state index contributed by atoms with van der Waals surface area (Å²) in [5.41, 5.74) is 0. The molecule has 442 valence electrons. The Labute approximate surface area is 481 Å². The van der Waals surface area contributed by atoms with Crippen molar-refractivity contribution >= 4 is 17.9 Å². The highest BCUT2D eigenvalue weighted by Gasteiger charge is 2.19. The third kappa shape index (κ3) is 62.4. The Kier molecular flexibility index (Phi) is 61.4. The molecule has 1 atom stereocenters. The second-order valence-electron chi connectivity index (χ2n) is 20.9. The number of esters is 3. The highest BCUT2D eigenvalue weighted by atomic mass is 16.6. The minimum Gasteiger partial charge on any atom is -0.462 e. The summed E-state index contributed by atoms with van der Waals surface area (Å²) in [4.78, 5) is 38.1. The minimum absolute atomic E-state index is 0.0931. The summed E-state index contributed by atoms with van der Waals surface area (Å²) >= 11 is 0. The van der Waals surface area contributed by atoms with Gasteiger partial charge in [0.1, 0.15) is 13.2 Å². The first-order chi connectivity index (χ1) is 38.5. The van der Waals surface area contributed by atoms with Crippen molar-refractivity contribution in [2.75, 3.05) is 13.2 Å². The van der Waals surface area contributed by atoms with Crippen LogP contribution in [0.15, 0.2) is 134 Å². The van der Waals surface area contributed by atoms with Crippen molar-refractivity contribution in [1.82, 2.24) is 0 Å². The van der Waals surface area contributed by atoms with Crippen LogP contribution >= 0.6 is 0 Å². The Balaban J connectivity index is 4.12. The van der Waals surface area contributed by atoms with Crippen molar-refractivity contribution in [2.45, 2.75) is 290 Å². The number of rotatable bonds is 57. The van der Waals surface area contributed by atoms with Crippen molar-refractivity contribution in [2.24, 2.45) is 0 Å². The molecule has 0 N–H and O–H groups in total. The van der Waals surface area contributed by atoms with Gasteiger partial charge in [-0.25, -0.2) is 0 Å². The molecule has 0 aliphatic rings. The Morgan fingerprint density at radius 3 is 0.859 bits per heavy atom. The highest BCUT2D eigenvalue weighted by Crippen LogP contribution is 2.16. The van der Waals surface area contributed by atoms with Gasteiger partial charge in [-0.05, 0) is 109 Å². The molecule has 78 heavy (non-hydrogen) atoms. The van der Waals surface area contributed by atoms with E-state index in [1.54, 1.807) is 6.08 Å². The van der Waals surface area contributed by atoms with Crippen LogP contribution in [0.2, 0.25) is 0 Å². The monoisotopic (exact) mass is 1080 g/mol. The van der Waals surface area contributed by atoms with Gasteiger partial charge in [0, 0.05) is 12.8 Å². The number of hydrogen-bond acceptors (Lipinski definition) is 6. The maximum atomic E-state index is 12.8. The maximum Gasteiger partial charge on any atom is 0.310 e. The maximum absolute atomic E-state index is 12.8. The van der Waals surface area contributed by atoms with Gasteiger partial charge in [0.15, 0.2) is 6.10 Å². The highest BCUT2D eigenvalue weighted by molar-refractivity contribution is 5.72. The lowest BCUT2D eigenvalue weighted by atomic mass is 10.0. The van der Waals surface area contributed by atoms with Gasteiger partial charge < -0.3 is 14.2 Å². The summed E-state index contributed by atoms with van der Waals surface area (Å²) < 4.78 is 16.7. The largest absolute Gasteiger partial charge is 0.462 e. The number of ether oxygens (including phenoxy) is 3. The lowest BCUT2D eigenvalue weighted by Crippen LogP contribution is -2.30. The molecule has 0 bridgehead atoms. The summed E-state index contributed by atoms with van der Waals surface area (Å²) in [7, 11) is 0. The number of hydrogen-bond donors (Lipinski definition) is 0. The number of carbonyl (C=O) groups is 3. The van der Waals surface area contributed by atoms with Crippen molar-refractivity contribution in [1.29, 1.82) is 0 Å². The molecular formula is C72H118O6. The molecule has 0 aromatic heterocycles. The predicted octanol–water partition coefficient (Wildman–Crippen LogP) is 22.2. The first-order valence-corrected chi connectivity index (χ1v) is 32.2. The van der Waals surface area contributed by atoms with Crippen LogP contribution in [-0.4, -0.2) is 37.2 Å². The van der Waals surface area contributed by atoms with Gasteiger partial charge in [-0.15, -0.1) is 0 Å². The third-order valence-corrected chi connectivity index (χ3v) is 13.4. The van der Waals surface area contributed by atoms with Gasteiger partial charge in [0.2, 0.25) is 0 Å².